The van der Waals surface area contributed by atoms with E-state index in [1.165, 1.54) is 12.1 Å². The number of rotatable bonds is 5. The second-order valence-corrected chi connectivity index (χ2v) is 5.80. The van der Waals surface area contributed by atoms with Crippen molar-refractivity contribution in [3.05, 3.63) is 47.8 Å². The maximum absolute atomic E-state index is 11.1. The van der Waals surface area contributed by atoms with Gasteiger partial charge < -0.3 is 5.32 Å². The Morgan fingerprint density at radius 2 is 1.89 bits per heavy atom. The van der Waals surface area contributed by atoms with E-state index in [2.05, 4.69) is 10.4 Å². The van der Waals surface area contributed by atoms with E-state index in [0.29, 0.717) is 13.1 Å². The van der Waals surface area contributed by atoms with Crippen LogP contribution in [0.4, 0.5) is 0 Å². The first kappa shape index (κ1) is 13.7. The van der Waals surface area contributed by atoms with Crippen molar-refractivity contribution in [2.45, 2.75) is 18.0 Å². The number of benzene rings is 1. The third-order valence-corrected chi connectivity index (χ3v) is 3.74. The van der Waals surface area contributed by atoms with Gasteiger partial charge in [0, 0.05) is 26.3 Å². The second-order valence-electron chi connectivity index (χ2n) is 4.24. The minimum atomic E-state index is -3.61. The Kier molecular flexibility index (Phi) is 3.98. The number of aryl methyl sites for hydroxylation is 1. The SMILES string of the molecule is Cn1nccc1CNCc1ccc(S(N)(=O)=O)cc1. The summed E-state index contributed by atoms with van der Waals surface area (Å²) in [5.41, 5.74) is 2.08. The lowest BCUT2D eigenvalue weighted by atomic mass is 10.2. The summed E-state index contributed by atoms with van der Waals surface area (Å²) < 4.78 is 24.0. The van der Waals surface area contributed by atoms with E-state index >= 15 is 0 Å². The van der Waals surface area contributed by atoms with Gasteiger partial charge in [0.15, 0.2) is 0 Å². The number of hydrogen-bond donors (Lipinski definition) is 2. The van der Waals surface area contributed by atoms with Gasteiger partial charge in [-0.3, -0.25) is 4.68 Å². The number of aromatic nitrogens is 2. The summed E-state index contributed by atoms with van der Waals surface area (Å²) in [7, 11) is -1.73. The van der Waals surface area contributed by atoms with Crippen molar-refractivity contribution in [1.29, 1.82) is 0 Å². The third-order valence-electron chi connectivity index (χ3n) is 2.81. The maximum Gasteiger partial charge on any atom is 0.238 e. The molecule has 0 aliphatic heterocycles. The van der Waals surface area contributed by atoms with E-state index in [-0.39, 0.29) is 4.90 Å². The summed E-state index contributed by atoms with van der Waals surface area (Å²) >= 11 is 0. The molecule has 0 fully saturated rings. The van der Waals surface area contributed by atoms with Crippen molar-refractivity contribution >= 4 is 10.0 Å². The Morgan fingerprint density at radius 3 is 2.42 bits per heavy atom. The normalized spacial score (nSPS) is 11.7. The van der Waals surface area contributed by atoms with Crippen LogP contribution in [0, 0.1) is 0 Å². The van der Waals surface area contributed by atoms with Gasteiger partial charge in [0.05, 0.1) is 10.6 Å². The van der Waals surface area contributed by atoms with E-state index < -0.39 is 10.0 Å². The molecule has 7 heteroatoms. The molecule has 0 bridgehead atoms. The number of nitrogens with zero attached hydrogens (tertiary/aromatic N) is 2. The zero-order chi connectivity index (χ0) is 13.9. The lowest BCUT2D eigenvalue weighted by Gasteiger charge is -2.06. The van der Waals surface area contributed by atoms with Gasteiger partial charge in [0.1, 0.15) is 0 Å². The Labute approximate surface area is 112 Å². The molecule has 1 heterocycles. The fraction of sp³-hybridized carbons (Fsp3) is 0.250. The molecule has 3 N–H and O–H groups in total. The van der Waals surface area contributed by atoms with Gasteiger partial charge in [0.2, 0.25) is 10.0 Å². The van der Waals surface area contributed by atoms with E-state index in [9.17, 15) is 8.42 Å². The van der Waals surface area contributed by atoms with E-state index in [1.54, 1.807) is 23.0 Å². The molecule has 102 valence electrons. The number of sulfonamides is 1. The van der Waals surface area contributed by atoms with Gasteiger partial charge >= 0.3 is 0 Å². The molecule has 0 radical (unpaired) electrons. The molecule has 0 spiro atoms. The maximum atomic E-state index is 11.1. The molecule has 6 nitrogen and oxygen atoms in total. The molecule has 0 amide bonds. The number of primary sulfonamides is 1. The number of hydrogen-bond acceptors (Lipinski definition) is 4. The van der Waals surface area contributed by atoms with Gasteiger partial charge in [-0.25, -0.2) is 13.6 Å². The standard InChI is InChI=1S/C12H16N4O2S/c1-16-11(6-7-15-16)9-14-8-10-2-4-12(5-3-10)19(13,17)18/h2-7,14H,8-9H2,1H3,(H2,13,17,18). The fourth-order valence-electron chi connectivity index (χ4n) is 1.71. The molecular weight excluding hydrogens is 264 g/mol. The molecule has 0 saturated heterocycles. The fourth-order valence-corrected chi connectivity index (χ4v) is 2.22. The molecule has 19 heavy (non-hydrogen) atoms. The molecule has 1 aromatic carbocycles. The highest BCUT2D eigenvalue weighted by molar-refractivity contribution is 7.89. The minimum absolute atomic E-state index is 0.128. The second kappa shape index (κ2) is 5.52. The van der Waals surface area contributed by atoms with Crippen LogP contribution in [0.3, 0.4) is 0 Å². The van der Waals surface area contributed by atoms with Gasteiger partial charge in [-0.05, 0) is 23.8 Å². The summed E-state index contributed by atoms with van der Waals surface area (Å²) in [6.45, 7) is 1.35. The van der Waals surface area contributed by atoms with E-state index in [1.807, 2.05) is 13.1 Å². The minimum Gasteiger partial charge on any atom is -0.307 e. The summed E-state index contributed by atoms with van der Waals surface area (Å²) in [6.07, 6.45) is 1.75. The predicted octanol–water partition coefficient (Wildman–Crippen LogP) is 0.357. The van der Waals surface area contributed by atoms with Gasteiger partial charge in [0.25, 0.3) is 0 Å². The van der Waals surface area contributed by atoms with Gasteiger partial charge in [-0.15, -0.1) is 0 Å². The van der Waals surface area contributed by atoms with Gasteiger partial charge in [-0.2, -0.15) is 5.10 Å². The predicted molar refractivity (Wildman–Crippen MR) is 71.6 cm³/mol. The molecule has 0 atom stereocenters. The Bertz CT molecular complexity index is 647. The monoisotopic (exact) mass is 280 g/mol. The summed E-state index contributed by atoms with van der Waals surface area (Å²) in [6, 6.07) is 8.45. The average Bonchev–Trinajstić information content (AvgIpc) is 2.75. The topological polar surface area (TPSA) is 90.0 Å². The zero-order valence-corrected chi connectivity index (χ0v) is 11.4. The molecule has 0 aliphatic carbocycles. The summed E-state index contributed by atoms with van der Waals surface area (Å²) in [4.78, 5) is 0.128. The van der Waals surface area contributed by atoms with Crippen LogP contribution in [-0.4, -0.2) is 18.2 Å². The first-order valence-electron chi connectivity index (χ1n) is 5.76. The third kappa shape index (κ3) is 3.63. The van der Waals surface area contributed by atoms with Crippen molar-refractivity contribution in [3.63, 3.8) is 0 Å². The molecule has 1 aromatic heterocycles. The van der Waals surface area contributed by atoms with Crippen molar-refractivity contribution in [2.24, 2.45) is 12.2 Å². The van der Waals surface area contributed by atoms with Crippen LogP contribution in [0.2, 0.25) is 0 Å². The highest BCUT2D eigenvalue weighted by Crippen LogP contribution is 2.08. The van der Waals surface area contributed by atoms with Crippen molar-refractivity contribution < 1.29 is 8.42 Å². The van der Waals surface area contributed by atoms with Crippen LogP contribution >= 0.6 is 0 Å². The van der Waals surface area contributed by atoms with Crippen LogP contribution in [0.5, 0.6) is 0 Å². The Balaban J connectivity index is 1.92. The Hall–Kier alpha value is -1.70. The zero-order valence-electron chi connectivity index (χ0n) is 10.6. The lowest BCUT2D eigenvalue weighted by Crippen LogP contribution is -2.16. The molecule has 0 unspecified atom stereocenters. The smallest absolute Gasteiger partial charge is 0.238 e. The van der Waals surface area contributed by atoms with Crippen LogP contribution in [0.25, 0.3) is 0 Å². The first-order chi connectivity index (χ1) is 8.97. The average molecular weight is 280 g/mol. The highest BCUT2D eigenvalue weighted by atomic mass is 32.2. The highest BCUT2D eigenvalue weighted by Gasteiger charge is 2.06. The Morgan fingerprint density at radius 1 is 1.21 bits per heavy atom. The molecule has 2 aromatic rings. The lowest BCUT2D eigenvalue weighted by molar-refractivity contribution is 0.597. The van der Waals surface area contributed by atoms with Crippen LogP contribution < -0.4 is 10.5 Å². The first-order valence-corrected chi connectivity index (χ1v) is 7.31. The van der Waals surface area contributed by atoms with Gasteiger partial charge in [-0.1, -0.05) is 12.1 Å². The van der Waals surface area contributed by atoms with Crippen LogP contribution in [-0.2, 0) is 30.2 Å². The molecular formula is C12H16N4O2S. The van der Waals surface area contributed by atoms with Crippen LogP contribution in [0.1, 0.15) is 11.3 Å². The quantitative estimate of drug-likeness (QED) is 0.827. The molecule has 2 rings (SSSR count). The largest absolute Gasteiger partial charge is 0.307 e. The number of nitrogens with two attached hydrogens (primary N) is 1. The molecule has 0 saturated carbocycles. The van der Waals surface area contributed by atoms with Crippen molar-refractivity contribution in [2.75, 3.05) is 0 Å². The van der Waals surface area contributed by atoms with E-state index in [4.69, 9.17) is 5.14 Å². The van der Waals surface area contributed by atoms with E-state index in [0.717, 1.165) is 11.3 Å². The van der Waals surface area contributed by atoms with Crippen LogP contribution in [0.15, 0.2) is 41.4 Å². The summed E-state index contributed by atoms with van der Waals surface area (Å²) in [5, 5.41) is 12.4. The summed E-state index contributed by atoms with van der Waals surface area (Å²) in [5.74, 6) is 0. The van der Waals surface area contributed by atoms with Crippen molar-refractivity contribution in [1.82, 2.24) is 15.1 Å². The number of nitrogens with one attached hydrogen (secondary N) is 1. The van der Waals surface area contributed by atoms with Crippen molar-refractivity contribution in [3.8, 4) is 0 Å². The molecule has 0 aliphatic rings.